The Morgan fingerprint density at radius 3 is 2.65 bits per heavy atom. The summed E-state index contributed by atoms with van der Waals surface area (Å²) in [6, 6.07) is 3.45. The number of nitrogens with one attached hydrogen (secondary N) is 1. The van der Waals surface area contributed by atoms with Crippen LogP contribution in [0.3, 0.4) is 0 Å². The van der Waals surface area contributed by atoms with Crippen molar-refractivity contribution >= 4 is 23.2 Å². The summed E-state index contributed by atoms with van der Waals surface area (Å²) in [5, 5.41) is 11.8. The monoisotopic (exact) mass is 315 g/mol. The van der Waals surface area contributed by atoms with E-state index in [1.165, 1.54) is 0 Å². The largest absolute Gasteiger partial charge is 0.482 e. The van der Waals surface area contributed by atoms with Crippen LogP contribution in [0.2, 0.25) is 10.0 Å². The summed E-state index contributed by atoms with van der Waals surface area (Å²) in [6.45, 7) is 2.71. The van der Waals surface area contributed by atoms with Crippen LogP contribution in [0.15, 0.2) is 16.5 Å². The van der Waals surface area contributed by atoms with Crippen LogP contribution in [0.25, 0.3) is 0 Å². The van der Waals surface area contributed by atoms with Crippen LogP contribution < -0.4 is 10.1 Å². The average Bonchev–Trinajstić information content (AvgIpc) is 2.86. The van der Waals surface area contributed by atoms with Crippen molar-refractivity contribution < 1.29 is 9.15 Å². The van der Waals surface area contributed by atoms with Crippen LogP contribution in [-0.2, 0) is 19.6 Å². The first kappa shape index (κ1) is 15.1. The lowest BCUT2D eigenvalue weighted by Gasteiger charge is -2.12. The molecule has 0 fully saturated rings. The van der Waals surface area contributed by atoms with E-state index >= 15 is 0 Å². The Labute approximate surface area is 127 Å². The van der Waals surface area contributed by atoms with Crippen molar-refractivity contribution in [3.05, 3.63) is 39.5 Å². The molecule has 1 heterocycles. The van der Waals surface area contributed by atoms with E-state index < -0.39 is 0 Å². The summed E-state index contributed by atoms with van der Waals surface area (Å²) in [4.78, 5) is 0. The fourth-order valence-electron chi connectivity index (χ4n) is 1.72. The topological polar surface area (TPSA) is 60.2 Å². The number of benzene rings is 1. The van der Waals surface area contributed by atoms with Gasteiger partial charge in [-0.2, -0.15) is 0 Å². The van der Waals surface area contributed by atoms with Gasteiger partial charge in [0, 0.05) is 23.6 Å². The Morgan fingerprint density at radius 1 is 1.25 bits per heavy atom. The molecule has 1 aromatic carbocycles. The predicted molar refractivity (Wildman–Crippen MR) is 77.2 cm³/mol. The zero-order chi connectivity index (χ0) is 14.5. The quantitative estimate of drug-likeness (QED) is 0.886. The number of halogens is 2. The van der Waals surface area contributed by atoms with Gasteiger partial charge in [0.2, 0.25) is 5.89 Å². The van der Waals surface area contributed by atoms with Gasteiger partial charge in [-0.1, -0.05) is 30.1 Å². The molecule has 0 saturated carbocycles. The van der Waals surface area contributed by atoms with Gasteiger partial charge in [-0.15, -0.1) is 10.2 Å². The van der Waals surface area contributed by atoms with Gasteiger partial charge in [-0.05, 0) is 19.2 Å². The second-order valence-electron chi connectivity index (χ2n) is 4.14. The molecular weight excluding hydrogens is 301 g/mol. The molecule has 20 heavy (non-hydrogen) atoms. The van der Waals surface area contributed by atoms with Gasteiger partial charge in [-0.3, -0.25) is 0 Å². The first-order valence-corrected chi connectivity index (χ1v) is 6.96. The second kappa shape index (κ2) is 6.92. The van der Waals surface area contributed by atoms with E-state index in [2.05, 4.69) is 15.5 Å². The first-order valence-electron chi connectivity index (χ1n) is 6.20. The van der Waals surface area contributed by atoms with Gasteiger partial charge in [0.15, 0.2) is 6.61 Å². The molecular formula is C13H15Cl2N3O2. The van der Waals surface area contributed by atoms with Gasteiger partial charge in [0.25, 0.3) is 5.89 Å². The number of aryl methyl sites for hydroxylation is 1. The van der Waals surface area contributed by atoms with Crippen LogP contribution in [0.1, 0.15) is 24.3 Å². The third-order valence-corrected chi connectivity index (χ3v) is 3.10. The van der Waals surface area contributed by atoms with Gasteiger partial charge in [0.1, 0.15) is 5.75 Å². The molecule has 0 spiro atoms. The van der Waals surface area contributed by atoms with E-state index in [1.54, 1.807) is 6.07 Å². The molecule has 0 aliphatic rings. The van der Waals surface area contributed by atoms with Crippen LogP contribution in [0.4, 0.5) is 0 Å². The molecule has 1 N–H and O–H groups in total. The number of nitrogens with zero attached hydrogens (tertiary/aromatic N) is 2. The Hall–Kier alpha value is -1.30. The highest BCUT2D eigenvalue weighted by Crippen LogP contribution is 2.33. The molecule has 2 rings (SSSR count). The van der Waals surface area contributed by atoms with Crippen LogP contribution in [-0.4, -0.2) is 17.2 Å². The highest BCUT2D eigenvalue weighted by Gasteiger charge is 2.12. The van der Waals surface area contributed by atoms with Crippen LogP contribution in [0, 0.1) is 0 Å². The molecule has 0 radical (unpaired) electrons. The number of rotatable bonds is 6. The zero-order valence-corrected chi connectivity index (χ0v) is 12.8. The zero-order valence-electron chi connectivity index (χ0n) is 11.2. The SMILES string of the molecule is CCc1nnc(COc2c(Cl)cc(Cl)cc2CNC)o1. The van der Waals surface area contributed by atoms with Crippen LogP contribution in [0.5, 0.6) is 5.75 Å². The second-order valence-corrected chi connectivity index (χ2v) is 4.98. The highest BCUT2D eigenvalue weighted by atomic mass is 35.5. The van der Waals surface area contributed by atoms with Crippen LogP contribution >= 0.6 is 23.2 Å². The molecule has 1 aromatic heterocycles. The fraction of sp³-hybridized carbons (Fsp3) is 0.385. The van der Waals surface area contributed by atoms with E-state index in [0.29, 0.717) is 40.5 Å². The van der Waals surface area contributed by atoms with Crippen molar-refractivity contribution in [2.75, 3.05) is 7.05 Å². The van der Waals surface area contributed by atoms with Crippen molar-refractivity contribution in [3.63, 3.8) is 0 Å². The molecule has 0 saturated heterocycles. The Bertz CT molecular complexity index is 587. The van der Waals surface area contributed by atoms with E-state index in [-0.39, 0.29) is 6.61 Å². The first-order chi connectivity index (χ1) is 9.63. The summed E-state index contributed by atoms with van der Waals surface area (Å²) in [7, 11) is 1.84. The fourth-order valence-corrected chi connectivity index (χ4v) is 2.31. The van der Waals surface area contributed by atoms with Crippen molar-refractivity contribution in [1.82, 2.24) is 15.5 Å². The third-order valence-electron chi connectivity index (χ3n) is 2.60. The van der Waals surface area contributed by atoms with E-state index in [4.69, 9.17) is 32.4 Å². The molecule has 0 aliphatic carbocycles. The maximum absolute atomic E-state index is 6.17. The lowest BCUT2D eigenvalue weighted by Crippen LogP contribution is -2.08. The Balaban J connectivity index is 2.15. The lowest BCUT2D eigenvalue weighted by atomic mass is 10.2. The summed E-state index contributed by atoms with van der Waals surface area (Å²) >= 11 is 12.2. The van der Waals surface area contributed by atoms with Gasteiger partial charge < -0.3 is 14.5 Å². The number of ether oxygens (including phenoxy) is 1. The molecule has 0 aliphatic heterocycles. The molecule has 5 nitrogen and oxygen atoms in total. The lowest BCUT2D eigenvalue weighted by molar-refractivity contribution is 0.257. The molecule has 0 atom stereocenters. The average molecular weight is 316 g/mol. The highest BCUT2D eigenvalue weighted by molar-refractivity contribution is 6.35. The van der Waals surface area contributed by atoms with Crippen molar-refractivity contribution in [1.29, 1.82) is 0 Å². The minimum atomic E-state index is 0.172. The predicted octanol–water partition coefficient (Wildman–Crippen LogP) is 3.24. The Morgan fingerprint density at radius 2 is 2.00 bits per heavy atom. The van der Waals surface area contributed by atoms with Gasteiger partial charge in [0.05, 0.1) is 5.02 Å². The molecule has 7 heteroatoms. The summed E-state index contributed by atoms with van der Waals surface area (Å²) in [5.41, 5.74) is 0.875. The van der Waals surface area contributed by atoms with Gasteiger partial charge in [-0.25, -0.2) is 0 Å². The summed E-state index contributed by atoms with van der Waals surface area (Å²) in [5.74, 6) is 1.58. The number of aromatic nitrogens is 2. The third kappa shape index (κ3) is 3.62. The van der Waals surface area contributed by atoms with E-state index in [9.17, 15) is 0 Å². The maximum atomic E-state index is 6.17. The summed E-state index contributed by atoms with van der Waals surface area (Å²) in [6.07, 6.45) is 0.694. The number of hydrogen-bond acceptors (Lipinski definition) is 5. The molecule has 2 aromatic rings. The molecule has 0 bridgehead atoms. The molecule has 108 valence electrons. The Kier molecular flexibility index (Phi) is 5.23. The molecule has 0 amide bonds. The van der Waals surface area contributed by atoms with Crippen molar-refractivity contribution in [2.45, 2.75) is 26.5 Å². The minimum Gasteiger partial charge on any atom is -0.482 e. The normalized spacial score (nSPS) is 10.8. The summed E-state index contributed by atoms with van der Waals surface area (Å²) < 4.78 is 11.1. The van der Waals surface area contributed by atoms with E-state index in [1.807, 2.05) is 20.0 Å². The van der Waals surface area contributed by atoms with Gasteiger partial charge >= 0.3 is 0 Å². The number of hydrogen-bond donors (Lipinski definition) is 1. The smallest absolute Gasteiger partial charge is 0.253 e. The standard InChI is InChI=1S/C13H15Cl2N3O2/c1-3-11-17-18-12(20-11)7-19-13-8(6-16-2)4-9(14)5-10(13)15/h4-5,16H,3,6-7H2,1-2H3. The van der Waals surface area contributed by atoms with Crippen molar-refractivity contribution in [2.24, 2.45) is 0 Å². The minimum absolute atomic E-state index is 0.172. The van der Waals surface area contributed by atoms with Crippen molar-refractivity contribution in [3.8, 4) is 5.75 Å². The molecule has 0 unspecified atom stereocenters. The van der Waals surface area contributed by atoms with E-state index in [0.717, 1.165) is 5.56 Å². The maximum Gasteiger partial charge on any atom is 0.253 e.